The summed E-state index contributed by atoms with van der Waals surface area (Å²) in [5.41, 5.74) is 4.30. The first-order valence-electron chi connectivity index (χ1n) is 6.05. The third-order valence-corrected chi connectivity index (χ3v) is 3.22. The number of benzene rings is 1. The van der Waals surface area contributed by atoms with Gasteiger partial charge in [-0.1, -0.05) is 18.2 Å². The van der Waals surface area contributed by atoms with Crippen LogP contribution in [0.2, 0.25) is 0 Å². The lowest BCUT2D eigenvalue weighted by Crippen LogP contribution is -2.17. The van der Waals surface area contributed by atoms with Gasteiger partial charge >= 0.3 is 0 Å². The van der Waals surface area contributed by atoms with Crippen molar-refractivity contribution >= 4 is 0 Å². The van der Waals surface area contributed by atoms with E-state index in [1.165, 1.54) is 48.9 Å². The number of hydrogen-bond donors (Lipinski definition) is 1. The minimum absolute atomic E-state index is 0.852. The van der Waals surface area contributed by atoms with E-state index in [-0.39, 0.29) is 0 Å². The third-order valence-electron chi connectivity index (χ3n) is 3.22. The first kappa shape index (κ1) is 10.7. The second kappa shape index (κ2) is 4.80. The minimum Gasteiger partial charge on any atom is -0.314 e. The SMILES string of the molecule is Cc1ccc(CCCNC2CC2)cc1C. The van der Waals surface area contributed by atoms with Crippen LogP contribution in [0.5, 0.6) is 0 Å². The number of nitrogens with one attached hydrogen (secondary N) is 1. The van der Waals surface area contributed by atoms with Crippen molar-refractivity contribution in [1.82, 2.24) is 5.32 Å². The Hall–Kier alpha value is -0.820. The highest BCUT2D eigenvalue weighted by atomic mass is 14.9. The Kier molecular flexibility index (Phi) is 3.42. The molecule has 1 aliphatic carbocycles. The van der Waals surface area contributed by atoms with Crippen LogP contribution in [-0.2, 0) is 6.42 Å². The Bertz CT molecular complexity index is 326. The van der Waals surface area contributed by atoms with Gasteiger partial charge in [-0.05, 0) is 62.8 Å². The molecule has 1 nitrogen and oxygen atoms in total. The maximum Gasteiger partial charge on any atom is 0.00682 e. The zero-order valence-electron chi connectivity index (χ0n) is 9.84. The van der Waals surface area contributed by atoms with Crippen LogP contribution in [0.1, 0.15) is 36.0 Å². The van der Waals surface area contributed by atoms with Crippen molar-refractivity contribution in [3.8, 4) is 0 Å². The topological polar surface area (TPSA) is 12.0 Å². The van der Waals surface area contributed by atoms with Crippen molar-refractivity contribution in [3.05, 3.63) is 34.9 Å². The van der Waals surface area contributed by atoms with Gasteiger partial charge in [0.2, 0.25) is 0 Å². The summed E-state index contributed by atoms with van der Waals surface area (Å²) in [4.78, 5) is 0. The van der Waals surface area contributed by atoms with E-state index in [2.05, 4.69) is 37.4 Å². The summed E-state index contributed by atoms with van der Waals surface area (Å²) >= 11 is 0. The summed E-state index contributed by atoms with van der Waals surface area (Å²) in [6, 6.07) is 7.68. The Balaban J connectivity index is 1.74. The molecule has 0 amide bonds. The summed E-state index contributed by atoms with van der Waals surface area (Å²) in [7, 11) is 0. The normalized spacial score (nSPS) is 15.6. The summed E-state index contributed by atoms with van der Waals surface area (Å²) in [6.45, 7) is 5.55. The molecule has 1 heteroatoms. The van der Waals surface area contributed by atoms with Crippen LogP contribution < -0.4 is 5.32 Å². The predicted molar refractivity (Wildman–Crippen MR) is 65.3 cm³/mol. The van der Waals surface area contributed by atoms with Crippen LogP contribution in [0.4, 0.5) is 0 Å². The molecule has 0 unspecified atom stereocenters. The Labute approximate surface area is 92.9 Å². The van der Waals surface area contributed by atoms with Gasteiger partial charge in [0.15, 0.2) is 0 Å². The molecule has 1 fully saturated rings. The maximum absolute atomic E-state index is 3.55. The number of aryl methyl sites for hydroxylation is 3. The van der Waals surface area contributed by atoms with E-state index in [1.54, 1.807) is 0 Å². The van der Waals surface area contributed by atoms with Gasteiger partial charge in [-0.3, -0.25) is 0 Å². The average Bonchev–Trinajstić information content (AvgIpc) is 3.02. The van der Waals surface area contributed by atoms with Crippen LogP contribution in [0.15, 0.2) is 18.2 Å². The molecule has 1 aromatic rings. The van der Waals surface area contributed by atoms with Crippen molar-refractivity contribution in [2.75, 3.05) is 6.54 Å². The van der Waals surface area contributed by atoms with Crippen molar-refractivity contribution in [2.24, 2.45) is 0 Å². The average molecular weight is 203 g/mol. The number of rotatable bonds is 5. The van der Waals surface area contributed by atoms with Gasteiger partial charge in [0.25, 0.3) is 0 Å². The second-order valence-corrected chi connectivity index (χ2v) is 4.75. The highest BCUT2D eigenvalue weighted by Crippen LogP contribution is 2.18. The molecule has 82 valence electrons. The molecule has 2 rings (SSSR count). The largest absolute Gasteiger partial charge is 0.314 e. The lowest BCUT2D eigenvalue weighted by atomic mass is 10.0. The molecule has 1 aromatic carbocycles. The van der Waals surface area contributed by atoms with Gasteiger partial charge in [0.05, 0.1) is 0 Å². The van der Waals surface area contributed by atoms with E-state index in [4.69, 9.17) is 0 Å². The predicted octanol–water partition coefficient (Wildman–Crippen LogP) is 2.99. The molecule has 0 radical (unpaired) electrons. The van der Waals surface area contributed by atoms with Gasteiger partial charge in [0, 0.05) is 6.04 Å². The van der Waals surface area contributed by atoms with Crippen molar-refractivity contribution < 1.29 is 0 Å². The molecule has 0 aromatic heterocycles. The summed E-state index contributed by atoms with van der Waals surface area (Å²) in [6.07, 6.45) is 5.26. The molecule has 1 aliphatic rings. The zero-order chi connectivity index (χ0) is 10.7. The molecular formula is C14H21N. The van der Waals surface area contributed by atoms with Crippen LogP contribution in [0.3, 0.4) is 0 Å². The molecule has 1 N–H and O–H groups in total. The molecule has 1 saturated carbocycles. The quantitative estimate of drug-likeness (QED) is 0.725. The van der Waals surface area contributed by atoms with E-state index in [9.17, 15) is 0 Å². The molecule has 0 saturated heterocycles. The highest BCUT2D eigenvalue weighted by molar-refractivity contribution is 5.29. The molecule has 0 spiro atoms. The van der Waals surface area contributed by atoms with E-state index in [1.807, 2.05) is 0 Å². The molecule has 0 aliphatic heterocycles. The van der Waals surface area contributed by atoms with Gasteiger partial charge in [-0.2, -0.15) is 0 Å². The number of hydrogen-bond acceptors (Lipinski definition) is 1. The Morgan fingerprint density at radius 1 is 1.20 bits per heavy atom. The van der Waals surface area contributed by atoms with Gasteiger partial charge in [-0.15, -0.1) is 0 Å². The Morgan fingerprint density at radius 3 is 2.67 bits per heavy atom. The Morgan fingerprint density at radius 2 is 2.00 bits per heavy atom. The molecule has 0 bridgehead atoms. The fourth-order valence-electron chi connectivity index (χ4n) is 1.85. The summed E-state index contributed by atoms with van der Waals surface area (Å²) in [5.74, 6) is 0. The summed E-state index contributed by atoms with van der Waals surface area (Å²) in [5, 5.41) is 3.55. The minimum atomic E-state index is 0.852. The molecule has 0 atom stereocenters. The zero-order valence-corrected chi connectivity index (χ0v) is 9.84. The first-order valence-corrected chi connectivity index (χ1v) is 6.05. The van der Waals surface area contributed by atoms with Crippen LogP contribution in [-0.4, -0.2) is 12.6 Å². The van der Waals surface area contributed by atoms with Crippen LogP contribution in [0, 0.1) is 13.8 Å². The van der Waals surface area contributed by atoms with E-state index >= 15 is 0 Å². The van der Waals surface area contributed by atoms with E-state index < -0.39 is 0 Å². The maximum atomic E-state index is 3.55. The van der Waals surface area contributed by atoms with Crippen LogP contribution >= 0.6 is 0 Å². The van der Waals surface area contributed by atoms with E-state index in [0.29, 0.717) is 0 Å². The molecule has 0 heterocycles. The molecule has 15 heavy (non-hydrogen) atoms. The summed E-state index contributed by atoms with van der Waals surface area (Å²) < 4.78 is 0. The fraction of sp³-hybridized carbons (Fsp3) is 0.571. The van der Waals surface area contributed by atoms with Gasteiger partial charge in [0.1, 0.15) is 0 Å². The standard InChI is InChI=1S/C14H21N/c1-11-5-6-13(10-12(11)2)4-3-9-15-14-7-8-14/h5-6,10,14-15H,3-4,7-9H2,1-2H3. The molecular weight excluding hydrogens is 182 g/mol. The van der Waals surface area contributed by atoms with Gasteiger partial charge in [-0.25, -0.2) is 0 Å². The van der Waals surface area contributed by atoms with Crippen molar-refractivity contribution in [2.45, 2.75) is 45.6 Å². The van der Waals surface area contributed by atoms with Crippen molar-refractivity contribution in [1.29, 1.82) is 0 Å². The van der Waals surface area contributed by atoms with E-state index in [0.717, 1.165) is 6.04 Å². The third kappa shape index (κ3) is 3.35. The van der Waals surface area contributed by atoms with Crippen LogP contribution in [0.25, 0.3) is 0 Å². The highest BCUT2D eigenvalue weighted by Gasteiger charge is 2.19. The second-order valence-electron chi connectivity index (χ2n) is 4.75. The lowest BCUT2D eigenvalue weighted by molar-refractivity contribution is 0.645. The van der Waals surface area contributed by atoms with Crippen molar-refractivity contribution in [3.63, 3.8) is 0 Å². The lowest BCUT2D eigenvalue weighted by Gasteiger charge is -2.06. The first-order chi connectivity index (χ1) is 7.25. The fourth-order valence-corrected chi connectivity index (χ4v) is 1.85. The monoisotopic (exact) mass is 203 g/mol. The smallest absolute Gasteiger partial charge is 0.00682 e. The van der Waals surface area contributed by atoms with Gasteiger partial charge < -0.3 is 5.32 Å².